The summed E-state index contributed by atoms with van der Waals surface area (Å²) < 4.78 is 0. The molecule has 2 N–H and O–H groups in total. The Labute approximate surface area is 100 Å². The van der Waals surface area contributed by atoms with Crippen LogP contribution in [-0.4, -0.2) is 47.8 Å². The average Bonchev–Trinajstić information content (AvgIpc) is 2.36. The van der Waals surface area contributed by atoms with Crippen LogP contribution in [0.25, 0.3) is 0 Å². The Bertz CT molecular complexity index is 186. The summed E-state index contributed by atoms with van der Waals surface area (Å²) in [5.41, 5.74) is -0.493. The average molecular weight is 228 g/mol. The van der Waals surface area contributed by atoms with Gasteiger partial charge in [0.25, 0.3) is 0 Å². The largest absolute Gasteiger partial charge is 0.389 e. The van der Waals surface area contributed by atoms with Crippen molar-refractivity contribution in [3.8, 4) is 0 Å². The van der Waals surface area contributed by atoms with Crippen LogP contribution < -0.4 is 5.32 Å². The lowest BCUT2D eigenvalue weighted by Gasteiger charge is -2.39. The van der Waals surface area contributed by atoms with Crippen molar-refractivity contribution in [2.75, 3.05) is 26.2 Å². The molecule has 0 aromatic rings. The first kappa shape index (κ1) is 13.9. The van der Waals surface area contributed by atoms with Gasteiger partial charge in [0.1, 0.15) is 0 Å². The molecule has 0 bridgehead atoms. The van der Waals surface area contributed by atoms with Gasteiger partial charge in [0, 0.05) is 19.1 Å². The van der Waals surface area contributed by atoms with E-state index in [9.17, 15) is 5.11 Å². The number of hydrogen-bond acceptors (Lipinski definition) is 3. The van der Waals surface area contributed by atoms with E-state index in [1.807, 2.05) is 0 Å². The molecule has 96 valence electrons. The molecule has 1 atom stereocenters. The van der Waals surface area contributed by atoms with Gasteiger partial charge in [-0.2, -0.15) is 0 Å². The van der Waals surface area contributed by atoms with Crippen molar-refractivity contribution in [2.24, 2.45) is 0 Å². The van der Waals surface area contributed by atoms with Crippen molar-refractivity contribution in [2.45, 2.75) is 58.1 Å². The standard InChI is InChI=1S/C13H28N2O/c1-4-13(16,5-2)11-15(6-3)12-8-7-9-14-10-12/h12,14,16H,4-11H2,1-3H3. The molecular weight excluding hydrogens is 200 g/mol. The minimum atomic E-state index is -0.493. The van der Waals surface area contributed by atoms with Crippen LogP contribution in [0.2, 0.25) is 0 Å². The molecule has 0 aromatic carbocycles. The lowest BCUT2D eigenvalue weighted by Crippen LogP contribution is -2.51. The maximum absolute atomic E-state index is 10.4. The topological polar surface area (TPSA) is 35.5 Å². The quantitative estimate of drug-likeness (QED) is 0.725. The molecule has 3 nitrogen and oxygen atoms in total. The Balaban J connectivity index is 2.52. The Morgan fingerprint density at radius 3 is 2.44 bits per heavy atom. The Morgan fingerprint density at radius 2 is 2.00 bits per heavy atom. The van der Waals surface area contributed by atoms with Gasteiger partial charge in [-0.3, -0.25) is 4.90 Å². The molecule has 0 aromatic heterocycles. The second-order valence-electron chi connectivity index (χ2n) is 4.99. The smallest absolute Gasteiger partial charge is 0.0769 e. The predicted molar refractivity (Wildman–Crippen MR) is 68.7 cm³/mol. The minimum Gasteiger partial charge on any atom is -0.389 e. The lowest BCUT2D eigenvalue weighted by molar-refractivity contribution is -0.0163. The number of hydrogen-bond donors (Lipinski definition) is 2. The molecular formula is C13H28N2O. The number of rotatable bonds is 6. The van der Waals surface area contributed by atoms with Gasteiger partial charge in [0.2, 0.25) is 0 Å². The molecule has 0 amide bonds. The molecule has 1 aliphatic rings. The van der Waals surface area contributed by atoms with E-state index in [2.05, 4.69) is 31.0 Å². The van der Waals surface area contributed by atoms with E-state index < -0.39 is 5.60 Å². The summed E-state index contributed by atoms with van der Waals surface area (Å²) in [5.74, 6) is 0. The number of likely N-dealkylation sites (N-methyl/N-ethyl adjacent to an activating group) is 1. The van der Waals surface area contributed by atoms with E-state index in [0.717, 1.165) is 39.0 Å². The third-order valence-electron chi connectivity index (χ3n) is 4.01. The second-order valence-corrected chi connectivity index (χ2v) is 4.99. The minimum absolute atomic E-state index is 0.493. The van der Waals surface area contributed by atoms with Crippen molar-refractivity contribution in [3.63, 3.8) is 0 Å². The first-order chi connectivity index (χ1) is 7.65. The number of nitrogens with one attached hydrogen (secondary N) is 1. The van der Waals surface area contributed by atoms with Crippen LogP contribution in [-0.2, 0) is 0 Å². The van der Waals surface area contributed by atoms with Crippen molar-refractivity contribution >= 4 is 0 Å². The number of piperidine rings is 1. The predicted octanol–water partition coefficient (Wildman–Crippen LogP) is 1.61. The highest BCUT2D eigenvalue weighted by Gasteiger charge is 2.29. The summed E-state index contributed by atoms with van der Waals surface area (Å²) in [6.07, 6.45) is 4.22. The summed E-state index contributed by atoms with van der Waals surface area (Å²) in [5, 5.41) is 13.8. The highest BCUT2D eigenvalue weighted by Crippen LogP contribution is 2.19. The fourth-order valence-corrected chi connectivity index (χ4v) is 2.50. The SMILES string of the molecule is CCN(CC(O)(CC)CC)C1CCCNC1. The summed E-state index contributed by atoms with van der Waals surface area (Å²) in [4.78, 5) is 2.44. The third kappa shape index (κ3) is 3.72. The highest BCUT2D eigenvalue weighted by atomic mass is 16.3. The Hall–Kier alpha value is -0.120. The first-order valence-electron chi connectivity index (χ1n) is 6.82. The number of aliphatic hydroxyl groups is 1. The van der Waals surface area contributed by atoms with Crippen LogP contribution in [0.4, 0.5) is 0 Å². The van der Waals surface area contributed by atoms with E-state index in [-0.39, 0.29) is 0 Å². The molecule has 3 heteroatoms. The van der Waals surface area contributed by atoms with Gasteiger partial charge >= 0.3 is 0 Å². The summed E-state index contributed by atoms with van der Waals surface area (Å²) in [7, 11) is 0. The van der Waals surface area contributed by atoms with Crippen molar-refractivity contribution < 1.29 is 5.11 Å². The zero-order valence-electron chi connectivity index (χ0n) is 11.1. The monoisotopic (exact) mass is 228 g/mol. The molecule has 1 aliphatic heterocycles. The molecule has 1 unspecified atom stereocenters. The number of nitrogens with zero attached hydrogens (tertiary/aromatic N) is 1. The van der Waals surface area contributed by atoms with Gasteiger partial charge in [-0.05, 0) is 38.8 Å². The van der Waals surface area contributed by atoms with Crippen LogP contribution in [0, 0.1) is 0 Å². The zero-order valence-corrected chi connectivity index (χ0v) is 11.1. The van der Waals surface area contributed by atoms with Gasteiger partial charge in [-0.1, -0.05) is 20.8 Å². The summed E-state index contributed by atoms with van der Waals surface area (Å²) in [6.45, 7) is 10.4. The van der Waals surface area contributed by atoms with E-state index in [1.54, 1.807) is 0 Å². The highest BCUT2D eigenvalue weighted by molar-refractivity contribution is 4.85. The van der Waals surface area contributed by atoms with Gasteiger partial charge in [-0.25, -0.2) is 0 Å². The van der Waals surface area contributed by atoms with E-state index >= 15 is 0 Å². The van der Waals surface area contributed by atoms with Gasteiger partial charge in [-0.15, -0.1) is 0 Å². The molecule has 1 heterocycles. The van der Waals surface area contributed by atoms with Crippen LogP contribution in [0.1, 0.15) is 46.5 Å². The maximum Gasteiger partial charge on any atom is 0.0769 e. The molecule has 0 radical (unpaired) electrons. The molecule has 0 saturated carbocycles. The van der Waals surface area contributed by atoms with E-state index in [1.165, 1.54) is 12.8 Å². The van der Waals surface area contributed by atoms with Crippen LogP contribution in [0.3, 0.4) is 0 Å². The molecule has 1 saturated heterocycles. The fraction of sp³-hybridized carbons (Fsp3) is 1.00. The fourth-order valence-electron chi connectivity index (χ4n) is 2.50. The maximum atomic E-state index is 10.4. The lowest BCUT2D eigenvalue weighted by atomic mass is 9.95. The molecule has 16 heavy (non-hydrogen) atoms. The van der Waals surface area contributed by atoms with Crippen LogP contribution in [0.15, 0.2) is 0 Å². The van der Waals surface area contributed by atoms with Crippen LogP contribution in [0.5, 0.6) is 0 Å². The molecule has 1 rings (SSSR count). The van der Waals surface area contributed by atoms with Crippen LogP contribution >= 0.6 is 0 Å². The first-order valence-corrected chi connectivity index (χ1v) is 6.82. The zero-order chi connectivity index (χ0) is 12.0. The van der Waals surface area contributed by atoms with Crippen molar-refractivity contribution in [3.05, 3.63) is 0 Å². The molecule has 1 fully saturated rings. The Kier molecular flexibility index (Phi) is 5.73. The summed E-state index contributed by atoms with van der Waals surface area (Å²) in [6, 6.07) is 0.614. The van der Waals surface area contributed by atoms with Gasteiger partial charge in [0.15, 0.2) is 0 Å². The normalized spacial score (nSPS) is 22.7. The van der Waals surface area contributed by atoms with E-state index in [0.29, 0.717) is 6.04 Å². The van der Waals surface area contributed by atoms with E-state index in [4.69, 9.17) is 0 Å². The Morgan fingerprint density at radius 1 is 1.31 bits per heavy atom. The molecule has 0 spiro atoms. The van der Waals surface area contributed by atoms with Crippen molar-refractivity contribution in [1.29, 1.82) is 0 Å². The molecule has 0 aliphatic carbocycles. The third-order valence-corrected chi connectivity index (χ3v) is 4.01. The van der Waals surface area contributed by atoms with Gasteiger partial charge in [0.05, 0.1) is 5.60 Å². The van der Waals surface area contributed by atoms with Gasteiger partial charge < -0.3 is 10.4 Å². The van der Waals surface area contributed by atoms with Crippen molar-refractivity contribution in [1.82, 2.24) is 10.2 Å². The second kappa shape index (κ2) is 6.58. The summed E-state index contributed by atoms with van der Waals surface area (Å²) >= 11 is 0.